The van der Waals surface area contributed by atoms with Gasteiger partial charge in [-0.25, -0.2) is 0 Å². The van der Waals surface area contributed by atoms with Crippen molar-refractivity contribution >= 4 is 23.7 Å². The molecule has 2 rings (SSSR count). The second-order valence-electron chi connectivity index (χ2n) is 5.19. The van der Waals surface area contributed by atoms with Crippen molar-refractivity contribution in [3.8, 4) is 6.01 Å². The van der Waals surface area contributed by atoms with Crippen LogP contribution in [0.3, 0.4) is 0 Å². The van der Waals surface area contributed by atoms with Crippen molar-refractivity contribution in [3.63, 3.8) is 0 Å². The molecule has 0 radical (unpaired) electrons. The maximum absolute atomic E-state index is 5.56. The lowest BCUT2D eigenvalue weighted by molar-refractivity contribution is 0.222. The van der Waals surface area contributed by atoms with Gasteiger partial charge in [0.05, 0.1) is 6.10 Å². The summed E-state index contributed by atoms with van der Waals surface area (Å²) in [7, 11) is 1.79. The zero-order chi connectivity index (χ0) is 14.5. The number of aromatic nitrogens is 3. The molecule has 6 nitrogen and oxygen atoms in total. The standard InChI is InChI=1S/C13H23N5OS/c1-8(2)19-13-17-11(14-3)16-12(18-13)15-9-5-6-10(7-9)20-4/h8-10H,5-7H2,1-4H3,(H2,14,15,16,17,18). The molecule has 0 aliphatic heterocycles. The van der Waals surface area contributed by atoms with Gasteiger partial charge in [-0.15, -0.1) is 0 Å². The molecule has 0 spiro atoms. The molecule has 1 heterocycles. The highest BCUT2D eigenvalue weighted by atomic mass is 32.2. The van der Waals surface area contributed by atoms with E-state index in [1.165, 1.54) is 6.42 Å². The van der Waals surface area contributed by atoms with Crippen molar-refractivity contribution in [2.45, 2.75) is 50.5 Å². The molecule has 2 N–H and O–H groups in total. The zero-order valence-electron chi connectivity index (χ0n) is 12.5. The van der Waals surface area contributed by atoms with Crippen LogP contribution in [0.15, 0.2) is 0 Å². The van der Waals surface area contributed by atoms with E-state index in [1.807, 2.05) is 25.6 Å². The molecule has 0 aromatic carbocycles. The van der Waals surface area contributed by atoms with E-state index in [9.17, 15) is 0 Å². The van der Waals surface area contributed by atoms with E-state index in [2.05, 4.69) is 31.8 Å². The third-order valence-electron chi connectivity index (χ3n) is 3.23. The lowest BCUT2D eigenvalue weighted by atomic mass is 10.2. The minimum absolute atomic E-state index is 0.0438. The monoisotopic (exact) mass is 297 g/mol. The van der Waals surface area contributed by atoms with Crippen LogP contribution in [0.2, 0.25) is 0 Å². The Morgan fingerprint density at radius 1 is 1.20 bits per heavy atom. The molecule has 1 fully saturated rings. The summed E-state index contributed by atoms with van der Waals surface area (Å²) in [6.45, 7) is 3.91. The molecule has 0 amide bonds. The van der Waals surface area contributed by atoms with Crippen molar-refractivity contribution in [1.29, 1.82) is 0 Å². The Morgan fingerprint density at radius 3 is 2.55 bits per heavy atom. The van der Waals surface area contributed by atoms with Crippen LogP contribution in [0.1, 0.15) is 33.1 Å². The first-order chi connectivity index (χ1) is 9.60. The lowest BCUT2D eigenvalue weighted by Gasteiger charge is -2.15. The SMILES string of the molecule is CNc1nc(NC2CCC(SC)C2)nc(OC(C)C)n1. The maximum atomic E-state index is 5.56. The highest BCUT2D eigenvalue weighted by Crippen LogP contribution is 2.29. The van der Waals surface area contributed by atoms with Gasteiger partial charge in [-0.05, 0) is 39.4 Å². The third-order valence-corrected chi connectivity index (χ3v) is 4.33. The molecule has 7 heteroatoms. The molecule has 1 aliphatic carbocycles. The number of anilines is 2. The number of nitrogens with one attached hydrogen (secondary N) is 2. The minimum atomic E-state index is 0.0438. The van der Waals surface area contributed by atoms with Gasteiger partial charge in [-0.3, -0.25) is 0 Å². The van der Waals surface area contributed by atoms with Crippen LogP contribution < -0.4 is 15.4 Å². The fourth-order valence-electron chi connectivity index (χ4n) is 2.26. The highest BCUT2D eigenvalue weighted by Gasteiger charge is 2.24. The van der Waals surface area contributed by atoms with Crippen LogP contribution in [0.5, 0.6) is 6.01 Å². The van der Waals surface area contributed by atoms with E-state index >= 15 is 0 Å². The number of ether oxygens (including phenoxy) is 1. The van der Waals surface area contributed by atoms with Gasteiger partial charge in [-0.2, -0.15) is 26.7 Å². The summed E-state index contributed by atoms with van der Waals surface area (Å²) in [6.07, 6.45) is 5.78. The summed E-state index contributed by atoms with van der Waals surface area (Å²) >= 11 is 1.94. The average molecular weight is 297 g/mol. The summed E-state index contributed by atoms with van der Waals surface area (Å²) < 4.78 is 5.56. The van der Waals surface area contributed by atoms with Gasteiger partial charge < -0.3 is 15.4 Å². The number of nitrogens with zero attached hydrogens (tertiary/aromatic N) is 3. The molecule has 2 atom stereocenters. The van der Waals surface area contributed by atoms with Gasteiger partial charge in [-0.1, -0.05) is 0 Å². The summed E-state index contributed by atoms with van der Waals surface area (Å²) in [4.78, 5) is 12.9. The molecule has 20 heavy (non-hydrogen) atoms. The Kier molecular flexibility index (Phi) is 5.28. The Balaban J connectivity index is 2.06. The largest absolute Gasteiger partial charge is 0.461 e. The smallest absolute Gasteiger partial charge is 0.323 e. The van der Waals surface area contributed by atoms with E-state index in [4.69, 9.17) is 4.74 Å². The number of hydrogen-bond donors (Lipinski definition) is 2. The van der Waals surface area contributed by atoms with Crippen LogP contribution in [0, 0.1) is 0 Å². The van der Waals surface area contributed by atoms with E-state index in [0.717, 1.165) is 18.1 Å². The van der Waals surface area contributed by atoms with Gasteiger partial charge >= 0.3 is 6.01 Å². The first-order valence-electron chi connectivity index (χ1n) is 7.00. The summed E-state index contributed by atoms with van der Waals surface area (Å²) in [6, 6.07) is 0.799. The van der Waals surface area contributed by atoms with Crippen molar-refractivity contribution in [2.75, 3.05) is 23.9 Å². The predicted molar refractivity (Wildman–Crippen MR) is 83.7 cm³/mol. The molecule has 1 aliphatic rings. The minimum Gasteiger partial charge on any atom is -0.461 e. The fourth-order valence-corrected chi connectivity index (χ4v) is 3.06. The van der Waals surface area contributed by atoms with Gasteiger partial charge in [0.25, 0.3) is 0 Å². The summed E-state index contributed by atoms with van der Waals surface area (Å²) in [5.74, 6) is 1.12. The predicted octanol–water partition coefficient (Wildman–Crippen LogP) is 2.40. The number of rotatable bonds is 6. The molecular weight excluding hydrogens is 274 g/mol. The van der Waals surface area contributed by atoms with Crippen LogP contribution in [0.25, 0.3) is 0 Å². The topological polar surface area (TPSA) is 72.0 Å². The van der Waals surface area contributed by atoms with E-state index < -0.39 is 0 Å². The Hall–Kier alpha value is -1.24. The Morgan fingerprint density at radius 2 is 1.95 bits per heavy atom. The van der Waals surface area contributed by atoms with Gasteiger partial charge in [0.2, 0.25) is 11.9 Å². The molecule has 1 saturated carbocycles. The molecule has 0 saturated heterocycles. The molecular formula is C13H23N5OS. The quantitative estimate of drug-likeness (QED) is 0.835. The van der Waals surface area contributed by atoms with Crippen molar-refractivity contribution in [3.05, 3.63) is 0 Å². The van der Waals surface area contributed by atoms with E-state index in [1.54, 1.807) is 7.05 Å². The van der Waals surface area contributed by atoms with Crippen molar-refractivity contribution < 1.29 is 4.74 Å². The van der Waals surface area contributed by atoms with Crippen LogP contribution in [-0.2, 0) is 0 Å². The maximum Gasteiger partial charge on any atom is 0.323 e. The molecule has 2 unspecified atom stereocenters. The normalized spacial score (nSPS) is 22.1. The lowest BCUT2D eigenvalue weighted by Crippen LogP contribution is -2.19. The number of thioether (sulfide) groups is 1. The average Bonchev–Trinajstić information content (AvgIpc) is 2.85. The van der Waals surface area contributed by atoms with Crippen molar-refractivity contribution in [2.24, 2.45) is 0 Å². The first-order valence-corrected chi connectivity index (χ1v) is 8.29. The summed E-state index contributed by atoms with van der Waals surface area (Å²) in [5.41, 5.74) is 0. The van der Waals surface area contributed by atoms with Crippen LogP contribution >= 0.6 is 11.8 Å². The molecule has 1 aromatic rings. The summed E-state index contributed by atoms with van der Waals surface area (Å²) in [5, 5.41) is 7.08. The molecule has 1 aromatic heterocycles. The van der Waals surface area contributed by atoms with Crippen molar-refractivity contribution in [1.82, 2.24) is 15.0 Å². The third kappa shape index (κ3) is 4.13. The van der Waals surface area contributed by atoms with Gasteiger partial charge in [0, 0.05) is 18.3 Å². The van der Waals surface area contributed by atoms with Crippen LogP contribution in [-0.4, -0.2) is 45.7 Å². The van der Waals surface area contributed by atoms with E-state index in [0.29, 0.717) is 23.9 Å². The van der Waals surface area contributed by atoms with Crippen LogP contribution in [0.4, 0.5) is 11.9 Å². The second-order valence-corrected chi connectivity index (χ2v) is 6.33. The number of hydrogen-bond acceptors (Lipinski definition) is 7. The van der Waals surface area contributed by atoms with E-state index in [-0.39, 0.29) is 6.10 Å². The Bertz CT molecular complexity index is 443. The molecule has 0 bridgehead atoms. The molecule has 112 valence electrons. The second kappa shape index (κ2) is 6.97. The highest BCUT2D eigenvalue weighted by molar-refractivity contribution is 7.99. The fraction of sp³-hybridized carbons (Fsp3) is 0.769. The van der Waals surface area contributed by atoms with Gasteiger partial charge in [0.15, 0.2) is 0 Å². The zero-order valence-corrected chi connectivity index (χ0v) is 13.3. The Labute approximate surface area is 124 Å². The van der Waals surface area contributed by atoms with Gasteiger partial charge in [0.1, 0.15) is 0 Å². The first kappa shape index (κ1) is 15.2.